The molecule has 0 N–H and O–H groups in total. The summed E-state index contributed by atoms with van der Waals surface area (Å²) in [4.78, 5) is 2.12. The Labute approximate surface area is 136 Å². The molecule has 0 aliphatic rings. The summed E-state index contributed by atoms with van der Waals surface area (Å²) in [5, 5.41) is 0. The molecule has 0 aliphatic carbocycles. The Morgan fingerprint density at radius 2 is 1.56 bits per heavy atom. The van der Waals surface area contributed by atoms with Crippen molar-refractivity contribution in [3.05, 3.63) is 30.2 Å². The van der Waals surface area contributed by atoms with E-state index in [1.54, 1.807) is 7.11 Å². The number of aryl methyl sites for hydroxylation is 1. The van der Waals surface area contributed by atoms with Gasteiger partial charge in [0.1, 0.15) is 0 Å². The normalized spacial score (nSPS) is 8.88. The zero-order valence-electron chi connectivity index (χ0n) is 11.4. The summed E-state index contributed by atoms with van der Waals surface area (Å²) in [5.41, 5.74) is 4.81. The Hall–Kier alpha value is 0.262. The smallest absolute Gasteiger partial charge is 0.0743 e. The van der Waals surface area contributed by atoms with Gasteiger partial charge in [-0.15, -0.1) is 22.8 Å². The summed E-state index contributed by atoms with van der Waals surface area (Å²) in [6.07, 6.45) is 0. The Balaban J connectivity index is 0. The minimum Gasteiger partial charge on any atom is -0.522 e. The maximum absolute atomic E-state index is 5.27. The van der Waals surface area contributed by atoms with E-state index in [9.17, 15) is 0 Å². The van der Waals surface area contributed by atoms with E-state index < -0.39 is 0 Å². The average molecular weight is 434 g/mol. The Kier molecular flexibility index (Phi) is 8.80. The minimum absolute atomic E-state index is 0. The number of hydrogen-bond acceptors (Lipinski definition) is 2. The fourth-order valence-corrected chi connectivity index (χ4v) is 1.83. The molecule has 0 bridgehead atoms. The van der Waals surface area contributed by atoms with E-state index >= 15 is 0 Å². The minimum atomic E-state index is 0. The number of benzene rings is 1. The molecule has 1 radical (unpaired) electrons. The first-order valence-electron chi connectivity index (χ1n) is 4.73. The molecule has 0 aliphatic heterocycles. The molecule has 16 heavy (non-hydrogen) atoms. The van der Waals surface area contributed by atoms with Crippen LogP contribution < -0.4 is 9.64 Å². The van der Waals surface area contributed by atoms with Crippen LogP contribution in [0.5, 0.6) is 5.75 Å². The van der Waals surface area contributed by atoms with Crippen molar-refractivity contribution in [1.82, 2.24) is 0 Å². The van der Waals surface area contributed by atoms with Crippen LogP contribution in [0.15, 0.2) is 0 Å². The molecule has 0 saturated heterocycles. The van der Waals surface area contributed by atoms with Gasteiger partial charge in [-0.25, -0.2) is 0 Å². The fourth-order valence-electron chi connectivity index (χ4n) is 1.83. The molecule has 0 amide bonds. The van der Waals surface area contributed by atoms with Crippen molar-refractivity contribution in [2.45, 2.75) is 20.8 Å². The number of anilines is 1. The molecular weight excluding hydrogens is 413 g/mol. The number of hydrogen-bond donors (Lipinski definition) is 0. The number of rotatable bonds is 2. The van der Waals surface area contributed by atoms with Gasteiger partial charge in [0.05, 0.1) is 7.11 Å². The zero-order chi connectivity index (χ0) is 10.9. The van der Waals surface area contributed by atoms with Gasteiger partial charge >= 0.3 is 0 Å². The van der Waals surface area contributed by atoms with E-state index in [2.05, 4.69) is 45.8 Å². The molecule has 0 spiro atoms. The summed E-state index contributed by atoms with van der Waals surface area (Å²) in [6, 6.07) is 3.25. The molecule has 0 fully saturated rings. The van der Waals surface area contributed by atoms with Gasteiger partial charge in [0.15, 0.2) is 0 Å². The number of ether oxygens (including phenoxy) is 1. The molecule has 1 aromatic rings. The summed E-state index contributed by atoms with van der Waals surface area (Å²) < 4.78 is 5.27. The van der Waals surface area contributed by atoms with Gasteiger partial charge in [-0.3, -0.25) is 0 Å². The second-order valence-corrected chi connectivity index (χ2v) is 3.78. The molecule has 0 saturated carbocycles. The molecule has 0 heterocycles. The van der Waals surface area contributed by atoms with Gasteiger partial charge in [-0.05, 0) is 14.1 Å². The fraction of sp³-hybridized carbons (Fsp3) is 0.462. The zero-order valence-corrected chi connectivity index (χ0v) is 16.2. The van der Waals surface area contributed by atoms with Gasteiger partial charge in [0, 0.05) is 49.8 Å². The number of nitrogens with zero attached hydrogens (tertiary/aromatic N) is 1. The molecule has 0 aromatic heterocycles. The van der Waals surface area contributed by atoms with Crippen LogP contribution in [0.25, 0.3) is 0 Å². The number of methoxy groups -OCH3 is 1. The third kappa shape index (κ3) is 3.64. The van der Waals surface area contributed by atoms with Crippen LogP contribution in [0.1, 0.15) is 16.7 Å². The van der Waals surface area contributed by atoms with Gasteiger partial charge in [0.2, 0.25) is 0 Å². The predicted molar refractivity (Wildman–Crippen MR) is 66.8 cm³/mol. The third-order valence-electron chi connectivity index (χ3n) is 2.57. The average Bonchev–Trinajstić information content (AvgIpc) is 2.10. The maximum Gasteiger partial charge on any atom is 0.0743 e. The van der Waals surface area contributed by atoms with Crippen LogP contribution >= 0.6 is 0 Å². The van der Waals surface area contributed by atoms with Gasteiger partial charge in [0.25, 0.3) is 0 Å². The van der Waals surface area contributed by atoms with E-state index in [0.717, 1.165) is 11.3 Å². The summed E-state index contributed by atoms with van der Waals surface area (Å²) in [6.45, 7) is 6.25. The monoisotopic (exact) mass is 434 g/mol. The molecule has 0 atom stereocenters. The van der Waals surface area contributed by atoms with Crippen molar-refractivity contribution in [2.24, 2.45) is 0 Å². The largest absolute Gasteiger partial charge is 0.522 e. The first kappa shape index (κ1) is 18.6. The molecule has 89 valence electrons. The predicted octanol–water partition coefficient (Wildman–Crippen LogP) is 2.94. The summed E-state index contributed by atoms with van der Waals surface area (Å²) >= 11 is 0. The summed E-state index contributed by atoms with van der Waals surface area (Å²) in [7, 11) is 5.79. The quantitative estimate of drug-likeness (QED) is 0.664. The van der Waals surface area contributed by atoms with Crippen LogP contribution in [-0.2, 0) is 0 Å². The Bertz CT molecular complexity index is 348. The van der Waals surface area contributed by atoms with Crippen LogP contribution in [0.4, 0.5) is 5.69 Å². The molecule has 1 rings (SSSR count). The van der Waals surface area contributed by atoms with E-state index in [0.29, 0.717) is 0 Å². The second-order valence-electron chi connectivity index (χ2n) is 3.78. The summed E-state index contributed by atoms with van der Waals surface area (Å²) in [5.74, 6) is 0.852. The Morgan fingerprint density at radius 3 is 1.94 bits per heavy atom. The first-order valence-corrected chi connectivity index (χ1v) is 4.73. The van der Waals surface area contributed by atoms with E-state index in [-0.39, 0.29) is 51.5 Å². The molecule has 3 heteroatoms. The molecule has 0 unspecified atom stereocenters. The standard InChI is InChI=1S/C12H18NO.CH3.Ac/c1-8-7-11(14-6)9(2)10(3)12(8)13(4)5;;/h1-6H3;1H3;/q2*-1;. The van der Waals surface area contributed by atoms with Gasteiger partial charge in [-0.1, -0.05) is 26.5 Å². The molecule has 2 nitrogen and oxygen atoms in total. The topological polar surface area (TPSA) is 12.5 Å². The van der Waals surface area contributed by atoms with Gasteiger partial charge in [-0.2, -0.15) is 0 Å². The maximum atomic E-state index is 5.27. The van der Waals surface area contributed by atoms with E-state index in [4.69, 9.17) is 4.74 Å². The van der Waals surface area contributed by atoms with Gasteiger partial charge < -0.3 is 17.1 Å². The van der Waals surface area contributed by atoms with Crippen molar-refractivity contribution < 1.29 is 48.8 Å². The Morgan fingerprint density at radius 1 is 1.06 bits per heavy atom. The van der Waals surface area contributed by atoms with Crippen LogP contribution in [0.3, 0.4) is 0 Å². The first-order chi connectivity index (χ1) is 6.49. The van der Waals surface area contributed by atoms with Crippen molar-refractivity contribution in [2.75, 3.05) is 26.1 Å². The van der Waals surface area contributed by atoms with E-state index in [1.165, 1.54) is 16.8 Å². The second kappa shape index (κ2) is 7.56. The van der Waals surface area contributed by atoms with Crippen molar-refractivity contribution in [3.63, 3.8) is 0 Å². The SMILES string of the molecule is COc1[c-]c(C)c(N(C)C)c(C)c1C.[Ac].[CH3-]. The van der Waals surface area contributed by atoms with Crippen molar-refractivity contribution in [1.29, 1.82) is 0 Å². The van der Waals surface area contributed by atoms with Crippen molar-refractivity contribution >= 4 is 5.69 Å². The third-order valence-corrected chi connectivity index (χ3v) is 2.57. The van der Waals surface area contributed by atoms with Crippen LogP contribution in [0, 0.1) is 78.3 Å². The van der Waals surface area contributed by atoms with Crippen LogP contribution in [0.2, 0.25) is 0 Å². The molecular formula is C13H21AcNO-2. The van der Waals surface area contributed by atoms with E-state index in [1.807, 2.05) is 0 Å². The van der Waals surface area contributed by atoms with Crippen molar-refractivity contribution in [3.8, 4) is 5.75 Å². The van der Waals surface area contributed by atoms with Crippen LogP contribution in [-0.4, -0.2) is 21.2 Å². The molecule has 1 aromatic carbocycles.